The lowest BCUT2D eigenvalue weighted by Gasteiger charge is -2.39. The second-order valence-corrected chi connectivity index (χ2v) is 4.44. The van der Waals surface area contributed by atoms with Crippen molar-refractivity contribution >= 4 is 0 Å². The van der Waals surface area contributed by atoms with Crippen molar-refractivity contribution in [2.45, 2.75) is 63.6 Å². The molecule has 2 heteroatoms. The van der Waals surface area contributed by atoms with Crippen molar-refractivity contribution in [3.05, 3.63) is 0 Å². The average molecular weight is 200 g/mol. The summed E-state index contributed by atoms with van der Waals surface area (Å²) in [6.07, 6.45) is 8.88. The molecule has 0 radical (unpaired) electrons. The van der Waals surface area contributed by atoms with Gasteiger partial charge < -0.3 is 9.47 Å². The molecular formula is C12H24O2. The van der Waals surface area contributed by atoms with Crippen LogP contribution in [0.1, 0.15) is 51.9 Å². The molecule has 0 aliphatic heterocycles. The van der Waals surface area contributed by atoms with Crippen molar-refractivity contribution in [3.63, 3.8) is 0 Å². The Morgan fingerprint density at radius 1 is 1.36 bits per heavy atom. The third-order valence-corrected chi connectivity index (χ3v) is 3.51. The van der Waals surface area contributed by atoms with Crippen LogP contribution in [0.2, 0.25) is 0 Å². The average Bonchev–Trinajstić information content (AvgIpc) is 2.26. The van der Waals surface area contributed by atoms with E-state index in [1.807, 2.05) is 14.2 Å². The Balaban J connectivity index is 2.49. The Bertz CT molecular complexity index is 158. The molecule has 84 valence electrons. The van der Waals surface area contributed by atoms with E-state index < -0.39 is 0 Å². The summed E-state index contributed by atoms with van der Waals surface area (Å²) in [6.45, 7) is 2.24. The molecule has 14 heavy (non-hydrogen) atoms. The molecule has 1 saturated carbocycles. The molecule has 0 aromatic rings. The monoisotopic (exact) mass is 200 g/mol. The molecule has 0 bridgehead atoms. The van der Waals surface area contributed by atoms with Crippen LogP contribution in [0, 0.1) is 0 Å². The van der Waals surface area contributed by atoms with Crippen LogP contribution in [0.4, 0.5) is 0 Å². The highest BCUT2D eigenvalue weighted by Gasteiger charge is 2.35. The first-order chi connectivity index (χ1) is 6.76. The highest BCUT2D eigenvalue weighted by atomic mass is 16.5. The zero-order chi connectivity index (χ0) is 10.4. The Labute approximate surface area is 88.0 Å². The fraction of sp³-hybridized carbons (Fsp3) is 1.00. The smallest absolute Gasteiger partial charge is 0.0703 e. The van der Waals surface area contributed by atoms with Gasteiger partial charge in [0.2, 0.25) is 0 Å². The first-order valence-electron chi connectivity index (χ1n) is 5.84. The molecule has 1 fully saturated rings. The van der Waals surface area contributed by atoms with Gasteiger partial charge in [-0.15, -0.1) is 0 Å². The molecule has 1 aliphatic carbocycles. The SMILES string of the molecule is CCCCC1(OC)CCCC(OC)C1. The quantitative estimate of drug-likeness (QED) is 0.678. The summed E-state index contributed by atoms with van der Waals surface area (Å²) in [5.41, 5.74) is 0.120. The summed E-state index contributed by atoms with van der Waals surface area (Å²) in [4.78, 5) is 0. The molecule has 2 unspecified atom stereocenters. The van der Waals surface area contributed by atoms with E-state index in [2.05, 4.69) is 6.92 Å². The minimum Gasteiger partial charge on any atom is -0.381 e. The summed E-state index contributed by atoms with van der Waals surface area (Å²) >= 11 is 0. The number of hydrogen-bond acceptors (Lipinski definition) is 2. The number of ether oxygens (including phenoxy) is 2. The lowest BCUT2D eigenvalue weighted by Crippen LogP contribution is -2.40. The summed E-state index contributed by atoms with van der Waals surface area (Å²) in [5, 5.41) is 0. The van der Waals surface area contributed by atoms with E-state index in [0.717, 1.165) is 6.42 Å². The molecule has 0 heterocycles. The van der Waals surface area contributed by atoms with Crippen LogP contribution in [0.25, 0.3) is 0 Å². The molecule has 0 aromatic heterocycles. The highest BCUT2D eigenvalue weighted by Crippen LogP contribution is 2.36. The molecule has 0 spiro atoms. The first kappa shape index (κ1) is 12.0. The van der Waals surface area contributed by atoms with Crippen molar-refractivity contribution in [2.24, 2.45) is 0 Å². The van der Waals surface area contributed by atoms with Gasteiger partial charge in [0.15, 0.2) is 0 Å². The lowest BCUT2D eigenvalue weighted by atomic mass is 9.79. The molecule has 0 N–H and O–H groups in total. The van der Waals surface area contributed by atoms with Crippen molar-refractivity contribution < 1.29 is 9.47 Å². The van der Waals surface area contributed by atoms with E-state index in [1.54, 1.807) is 0 Å². The van der Waals surface area contributed by atoms with Gasteiger partial charge >= 0.3 is 0 Å². The number of hydrogen-bond donors (Lipinski definition) is 0. The van der Waals surface area contributed by atoms with E-state index in [-0.39, 0.29) is 5.60 Å². The van der Waals surface area contributed by atoms with Gasteiger partial charge in [-0.3, -0.25) is 0 Å². The Kier molecular flexibility index (Phi) is 4.90. The topological polar surface area (TPSA) is 18.5 Å². The Morgan fingerprint density at radius 2 is 2.14 bits per heavy atom. The third kappa shape index (κ3) is 2.96. The molecule has 0 amide bonds. The van der Waals surface area contributed by atoms with Crippen LogP contribution in [0.3, 0.4) is 0 Å². The zero-order valence-corrected chi connectivity index (χ0v) is 9.84. The predicted molar refractivity (Wildman–Crippen MR) is 58.5 cm³/mol. The van der Waals surface area contributed by atoms with Crippen LogP contribution in [-0.4, -0.2) is 25.9 Å². The van der Waals surface area contributed by atoms with E-state index in [4.69, 9.17) is 9.47 Å². The maximum Gasteiger partial charge on any atom is 0.0703 e. The Hall–Kier alpha value is -0.0800. The summed E-state index contributed by atoms with van der Waals surface area (Å²) in [5.74, 6) is 0. The minimum atomic E-state index is 0.120. The molecule has 1 rings (SSSR count). The predicted octanol–water partition coefficient (Wildman–Crippen LogP) is 3.15. The van der Waals surface area contributed by atoms with Crippen LogP contribution in [0.15, 0.2) is 0 Å². The molecular weight excluding hydrogens is 176 g/mol. The molecule has 0 saturated heterocycles. The van der Waals surface area contributed by atoms with E-state index in [0.29, 0.717) is 6.10 Å². The fourth-order valence-corrected chi connectivity index (χ4v) is 2.49. The van der Waals surface area contributed by atoms with E-state index in [1.165, 1.54) is 38.5 Å². The molecule has 2 nitrogen and oxygen atoms in total. The first-order valence-corrected chi connectivity index (χ1v) is 5.84. The van der Waals surface area contributed by atoms with Gasteiger partial charge in [-0.2, -0.15) is 0 Å². The van der Waals surface area contributed by atoms with Crippen molar-refractivity contribution in [2.75, 3.05) is 14.2 Å². The van der Waals surface area contributed by atoms with Crippen molar-refractivity contribution in [3.8, 4) is 0 Å². The van der Waals surface area contributed by atoms with E-state index >= 15 is 0 Å². The molecule has 2 atom stereocenters. The maximum atomic E-state index is 5.73. The number of methoxy groups -OCH3 is 2. The second kappa shape index (κ2) is 5.72. The van der Waals surface area contributed by atoms with Gasteiger partial charge in [-0.1, -0.05) is 19.8 Å². The highest BCUT2D eigenvalue weighted by molar-refractivity contribution is 4.88. The van der Waals surface area contributed by atoms with Gasteiger partial charge in [-0.25, -0.2) is 0 Å². The van der Waals surface area contributed by atoms with E-state index in [9.17, 15) is 0 Å². The van der Waals surface area contributed by atoms with Gasteiger partial charge in [0, 0.05) is 20.6 Å². The second-order valence-electron chi connectivity index (χ2n) is 4.44. The third-order valence-electron chi connectivity index (χ3n) is 3.51. The van der Waals surface area contributed by atoms with Crippen LogP contribution < -0.4 is 0 Å². The van der Waals surface area contributed by atoms with Crippen LogP contribution >= 0.6 is 0 Å². The normalized spacial score (nSPS) is 33.2. The van der Waals surface area contributed by atoms with Gasteiger partial charge in [-0.05, 0) is 25.7 Å². The molecule has 0 aromatic carbocycles. The fourth-order valence-electron chi connectivity index (χ4n) is 2.49. The van der Waals surface area contributed by atoms with Gasteiger partial charge in [0.25, 0.3) is 0 Å². The van der Waals surface area contributed by atoms with Crippen LogP contribution in [0.5, 0.6) is 0 Å². The zero-order valence-electron chi connectivity index (χ0n) is 9.84. The van der Waals surface area contributed by atoms with Crippen LogP contribution in [-0.2, 0) is 9.47 Å². The summed E-state index contributed by atoms with van der Waals surface area (Å²) in [6, 6.07) is 0. The maximum absolute atomic E-state index is 5.73. The number of rotatable bonds is 5. The van der Waals surface area contributed by atoms with Crippen molar-refractivity contribution in [1.29, 1.82) is 0 Å². The lowest BCUT2D eigenvalue weighted by molar-refractivity contribution is -0.0901. The number of unbranched alkanes of at least 4 members (excludes halogenated alkanes) is 1. The minimum absolute atomic E-state index is 0.120. The van der Waals surface area contributed by atoms with Gasteiger partial charge in [0.05, 0.1) is 11.7 Å². The van der Waals surface area contributed by atoms with Crippen molar-refractivity contribution in [1.82, 2.24) is 0 Å². The molecule has 1 aliphatic rings. The summed E-state index contributed by atoms with van der Waals surface area (Å²) < 4.78 is 11.2. The largest absolute Gasteiger partial charge is 0.381 e. The van der Waals surface area contributed by atoms with Gasteiger partial charge in [0.1, 0.15) is 0 Å². The standard InChI is InChI=1S/C12H24O2/c1-4-5-8-12(14-3)9-6-7-11(10-12)13-2/h11H,4-10H2,1-3H3. The summed E-state index contributed by atoms with van der Waals surface area (Å²) in [7, 11) is 3.67. The Morgan fingerprint density at radius 3 is 2.71 bits per heavy atom.